The van der Waals surface area contributed by atoms with Gasteiger partial charge in [0, 0.05) is 32.2 Å². The number of nitrogens with zero attached hydrogens (tertiary/aromatic N) is 1. The molecule has 0 saturated carbocycles. The van der Waals surface area contributed by atoms with Gasteiger partial charge in [-0.2, -0.15) is 0 Å². The molecule has 4 heteroatoms. The first kappa shape index (κ1) is 15.0. The Bertz CT molecular complexity index is 422. The Morgan fingerprint density at radius 3 is 2.85 bits per heavy atom. The van der Waals surface area contributed by atoms with Crippen molar-refractivity contribution in [2.75, 3.05) is 19.7 Å². The van der Waals surface area contributed by atoms with E-state index in [2.05, 4.69) is 0 Å². The topological polar surface area (TPSA) is 66.6 Å². The molecule has 20 heavy (non-hydrogen) atoms. The number of benzene rings is 1. The van der Waals surface area contributed by atoms with Crippen LogP contribution in [0.4, 0.5) is 0 Å². The fraction of sp³-hybridized carbons (Fsp3) is 0.562. The van der Waals surface area contributed by atoms with Crippen molar-refractivity contribution in [3.63, 3.8) is 0 Å². The molecular weight excluding hydrogens is 252 g/mol. The van der Waals surface area contributed by atoms with Crippen LogP contribution < -0.4 is 5.73 Å². The number of nitrogens with two attached hydrogens (primary N) is 1. The molecule has 4 nitrogen and oxygen atoms in total. The number of likely N-dealkylation sites (tertiary alicyclic amines) is 1. The molecule has 1 aliphatic heterocycles. The Labute approximate surface area is 120 Å². The van der Waals surface area contributed by atoms with E-state index in [9.17, 15) is 4.79 Å². The number of aliphatic hydroxyl groups is 1. The summed E-state index contributed by atoms with van der Waals surface area (Å²) in [7, 11) is 0. The van der Waals surface area contributed by atoms with E-state index in [-0.39, 0.29) is 18.6 Å². The Balaban J connectivity index is 1.75. The molecule has 1 fully saturated rings. The molecule has 2 unspecified atom stereocenters. The molecule has 1 aromatic rings. The normalized spacial score (nSPS) is 20.1. The SMILES string of the molecule is NC(CCC(=O)N1CCC(CCO)C1)c1ccccc1. The van der Waals surface area contributed by atoms with Crippen molar-refractivity contribution in [2.24, 2.45) is 11.7 Å². The van der Waals surface area contributed by atoms with Crippen LogP contribution in [0, 0.1) is 5.92 Å². The molecule has 0 radical (unpaired) electrons. The van der Waals surface area contributed by atoms with Crippen LogP contribution in [0.3, 0.4) is 0 Å². The average molecular weight is 276 g/mol. The summed E-state index contributed by atoms with van der Waals surface area (Å²) in [6.07, 6.45) is 3.00. The van der Waals surface area contributed by atoms with Crippen molar-refractivity contribution in [1.82, 2.24) is 4.90 Å². The van der Waals surface area contributed by atoms with Crippen molar-refractivity contribution in [2.45, 2.75) is 31.7 Å². The third-order valence-electron chi connectivity index (χ3n) is 4.07. The van der Waals surface area contributed by atoms with E-state index < -0.39 is 0 Å². The molecule has 110 valence electrons. The van der Waals surface area contributed by atoms with Crippen LogP contribution in [0.25, 0.3) is 0 Å². The van der Waals surface area contributed by atoms with Crippen LogP contribution >= 0.6 is 0 Å². The molecule has 1 aliphatic rings. The van der Waals surface area contributed by atoms with Gasteiger partial charge in [-0.25, -0.2) is 0 Å². The van der Waals surface area contributed by atoms with Gasteiger partial charge in [-0.1, -0.05) is 30.3 Å². The lowest BCUT2D eigenvalue weighted by atomic mass is 10.0. The summed E-state index contributed by atoms with van der Waals surface area (Å²) in [6.45, 7) is 1.83. The lowest BCUT2D eigenvalue weighted by Crippen LogP contribution is -2.29. The molecule has 3 N–H and O–H groups in total. The van der Waals surface area contributed by atoms with Crippen LogP contribution in [-0.2, 0) is 4.79 Å². The molecule has 2 rings (SSSR count). The monoisotopic (exact) mass is 276 g/mol. The van der Waals surface area contributed by atoms with Crippen LogP contribution in [0.5, 0.6) is 0 Å². The van der Waals surface area contributed by atoms with Gasteiger partial charge in [0.05, 0.1) is 0 Å². The van der Waals surface area contributed by atoms with Gasteiger partial charge in [0.15, 0.2) is 0 Å². The van der Waals surface area contributed by atoms with E-state index in [1.54, 1.807) is 0 Å². The zero-order chi connectivity index (χ0) is 14.4. The van der Waals surface area contributed by atoms with Crippen molar-refractivity contribution in [3.05, 3.63) is 35.9 Å². The number of carbonyl (C=O) groups excluding carboxylic acids is 1. The minimum Gasteiger partial charge on any atom is -0.396 e. The first-order valence-corrected chi connectivity index (χ1v) is 7.40. The lowest BCUT2D eigenvalue weighted by molar-refractivity contribution is -0.130. The maximum absolute atomic E-state index is 12.1. The predicted octanol–water partition coefficient (Wildman–Crippen LogP) is 1.70. The summed E-state index contributed by atoms with van der Waals surface area (Å²) in [5, 5.41) is 8.93. The molecule has 1 amide bonds. The molecule has 0 spiro atoms. The van der Waals surface area contributed by atoms with Crippen LogP contribution in [0.1, 0.15) is 37.3 Å². The minimum atomic E-state index is -0.0732. The number of rotatable bonds is 6. The third-order valence-corrected chi connectivity index (χ3v) is 4.07. The highest BCUT2D eigenvalue weighted by Gasteiger charge is 2.25. The standard InChI is InChI=1S/C16H24N2O2/c17-15(14-4-2-1-3-5-14)6-7-16(20)18-10-8-13(12-18)9-11-19/h1-5,13,15,19H,6-12,17H2. The quantitative estimate of drug-likeness (QED) is 0.831. The Hall–Kier alpha value is -1.39. The van der Waals surface area contributed by atoms with E-state index in [0.717, 1.165) is 31.5 Å². The zero-order valence-corrected chi connectivity index (χ0v) is 11.9. The van der Waals surface area contributed by atoms with E-state index in [1.807, 2.05) is 35.2 Å². The molecule has 1 saturated heterocycles. The molecule has 0 bridgehead atoms. The molecular formula is C16H24N2O2. The Kier molecular flexibility index (Phi) is 5.56. The average Bonchev–Trinajstić information content (AvgIpc) is 2.94. The number of hydrogen-bond acceptors (Lipinski definition) is 3. The van der Waals surface area contributed by atoms with Gasteiger partial charge in [0.25, 0.3) is 0 Å². The molecule has 1 aromatic carbocycles. The fourth-order valence-corrected chi connectivity index (χ4v) is 2.78. The smallest absolute Gasteiger partial charge is 0.222 e. The van der Waals surface area contributed by atoms with Gasteiger partial charge in [-0.05, 0) is 30.7 Å². The van der Waals surface area contributed by atoms with E-state index in [1.165, 1.54) is 0 Å². The predicted molar refractivity (Wildman–Crippen MR) is 79.0 cm³/mol. The van der Waals surface area contributed by atoms with Gasteiger partial charge in [-0.15, -0.1) is 0 Å². The second-order valence-electron chi connectivity index (χ2n) is 5.56. The second-order valence-corrected chi connectivity index (χ2v) is 5.56. The van der Waals surface area contributed by atoms with Gasteiger partial charge >= 0.3 is 0 Å². The zero-order valence-electron chi connectivity index (χ0n) is 11.9. The molecule has 0 aliphatic carbocycles. The highest BCUT2D eigenvalue weighted by atomic mass is 16.3. The second kappa shape index (κ2) is 7.41. The lowest BCUT2D eigenvalue weighted by Gasteiger charge is -2.18. The van der Waals surface area contributed by atoms with Crippen LogP contribution in [0.15, 0.2) is 30.3 Å². The van der Waals surface area contributed by atoms with Crippen molar-refractivity contribution in [3.8, 4) is 0 Å². The first-order chi connectivity index (χ1) is 9.70. The van der Waals surface area contributed by atoms with Gasteiger partial charge in [0.2, 0.25) is 5.91 Å². The largest absolute Gasteiger partial charge is 0.396 e. The van der Waals surface area contributed by atoms with E-state index >= 15 is 0 Å². The molecule has 0 aromatic heterocycles. The van der Waals surface area contributed by atoms with Gasteiger partial charge in [-0.3, -0.25) is 4.79 Å². The number of hydrogen-bond donors (Lipinski definition) is 2. The molecule has 2 atom stereocenters. The highest BCUT2D eigenvalue weighted by Crippen LogP contribution is 2.21. The summed E-state index contributed by atoms with van der Waals surface area (Å²) < 4.78 is 0. The number of carbonyl (C=O) groups is 1. The summed E-state index contributed by atoms with van der Waals surface area (Å²) >= 11 is 0. The third kappa shape index (κ3) is 4.05. The van der Waals surface area contributed by atoms with Gasteiger partial charge < -0.3 is 15.7 Å². The summed E-state index contributed by atoms with van der Waals surface area (Å²) in [4.78, 5) is 14.1. The summed E-state index contributed by atoms with van der Waals surface area (Å²) in [5.41, 5.74) is 7.20. The van der Waals surface area contributed by atoms with Crippen LogP contribution in [0.2, 0.25) is 0 Å². The molecule has 1 heterocycles. The minimum absolute atomic E-state index is 0.0732. The Morgan fingerprint density at radius 2 is 2.15 bits per heavy atom. The Morgan fingerprint density at radius 1 is 1.40 bits per heavy atom. The maximum atomic E-state index is 12.1. The maximum Gasteiger partial charge on any atom is 0.222 e. The number of aliphatic hydroxyl groups excluding tert-OH is 1. The number of amides is 1. The van der Waals surface area contributed by atoms with Crippen molar-refractivity contribution in [1.29, 1.82) is 0 Å². The highest BCUT2D eigenvalue weighted by molar-refractivity contribution is 5.76. The first-order valence-electron chi connectivity index (χ1n) is 7.40. The summed E-state index contributed by atoms with van der Waals surface area (Å²) in [6, 6.07) is 9.83. The summed E-state index contributed by atoms with van der Waals surface area (Å²) in [5.74, 6) is 0.656. The van der Waals surface area contributed by atoms with E-state index in [4.69, 9.17) is 10.8 Å². The van der Waals surface area contributed by atoms with Gasteiger partial charge in [0.1, 0.15) is 0 Å². The van der Waals surface area contributed by atoms with Crippen molar-refractivity contribution >= 4 is 5.91 Å². The van der Waals surface area contributed by atoms with Crippen LogP contribution in [-0.4, -0.2) is 35.6 Å². The fourth-order valence-electron chi connectivity index (χ4n) is 2.78. The van der Waals surface area contributed by atoms with E-state index in [0.29, 0.717) is 18.8 Å². The van der Waals surface area contributed by atoms with Crippen molar-refractivity contribution < 1.29 is 9.90 Å².